The number of ether oxygens (including phenoxy) is 1. The fourth-order valence-corrected chi connectivity index (χ4v) is 1.55. The fraction of sp³-hybridized carbons (Fsp3) is 0.667. The Kier molecular flexibility index (Phi) is 3.65. The fourth-order valence-electron chi connectivity index (χ4n) is 1.55. The maximum Gasteiger partial charge on any atom is 0.417 e. The van der Waals surface area contributed by atoms with E-state index in [4.69, 9.17) is 4.74 Å². The van der Waals surface area contributed by atoms with E-state index in [0.29, 0.717) is 0 Å². The number of nitrogens with one attached hydrogen (secondary N) is 1. The van der Waals surface area contributed by atoms with E-state index in [9.17, 15) is 9.59 Å². The molecular weight excluding hydrogens is 262 g/mol. The molecule has 20 heavy (non-hydrogen) atoms. The Labute approximate surface area is 117 Å². The van der Waals surface area contributed by atoms with Gasteiger partial charge in [0.1, 0.15) is 12.4 Å². The number of carbonyl (C=O) groups excluding carboxylic acids is 2. The summed E-state index contributed by atoms with van der Waals surface area (Å²) in [6, 6.07) is -0.0118. The van der Waals surface area contributed by atoms with Gasteiger partial charge in [-0.05, 0) is 12.8 Å². The first-order chi connectivity index (χ1) is 9.32. The predicted molar refractivity (Wildman–Crippen MR) is 70.3 cm³/mol. The quantitative estimate of drug-likeness (QED) is 0.861. The highest BCUT2D eigenvalue weighted by Crippen LogP contribution is 2.46. The van der Waals surface area contributed by atoms with Crippen molar-refractivity contribution in [3.63, 3.8) is 0 Å². The lowest BCUT2D eigenvalue weighted by molar-refractivity contribution is -0.129. The van der Waals surface area contributed by atoms with Gasteiger partial charge >= 0.3 is 12.1 Å². The molecule has 0 unspecified atom stereocenters. The van der Waals surface area contributed by atoms with Gasteiger partial charge in [0.05, 0.1) is 0 Å². The molecule has 110 valence electrons. The number of amides is 2. The Hall–Kier alpha value is -2.12. The number of nitrogens with zero attached hydrogens (tertiary/aromatic N) is 4. The molecule has 8 heteroatoms. The highest BCUT2D eigenvalue weighted by molar-refractivity contribution is 5.82. The number of aromatic nitrogens is 3. The van der Waals surface area contributed by atoms with Crippen LogP contribution in [0.1, 0.15) is 25.6 Å². The Morgan fingerprint density at radius 2 is 2.00 bits per heavy atom. The largest absolute Gasteiger partial charge is 0.417 e. The van der Waals surface area contributed by atoms with Gasteiger partial charge in [0.25, 0.3) is 0 Å². The first-order valence-electron chi connectivity index (χ1n) is 6.38. The standard InChI is InChI=1S/C12H19N5O3/c1-12(5-6-12)9-13-10(15-14-9)20-11(19)17(4)7-8(18)16(2)3/h5-7H2,1-4H3,(H,13,14,15). The predicted octanol–water partition coefficient (Wildman–Crippen LogP) is 0.375. The summed E-state index contributed by atoms with van der Waals surface area (Å²) in [5, 5.41) is 6.64. The number of aromatic amines is 1. The first kappa shape index (κ1) is 14.3. The van der Waals surface area contributed by atoms with Crippen molar-refractivity contribution in [1.82, 2.24) is 25.0 Å². The minimum Gasteiger partial charge on any atom is -0.373 e. The summed E-state index contributed by atoms with van der Waals surface area (Å²) in [6.45, 7) is 2.02. The molecule has 0 aromatic carbocycles. The number of hydrogen-bond acceptors (Lipinski definition) is 5. The van der Waals surface area contributed by atoms with Crippen LogP contribution in [0.2, 0.25) is 0 Å². The first-order valence-corrected chi connectivity index (χ1v) is 6.38. The third-order valence-corrected chi connectivity index (χ3v) is 3.40. The van der Waals surface area contributed by atoms with Crippen LogP contribution in [0.3, 0.4) is 0 Å². The highest BCUT2D eigenvalue weighted by Gasteiger charge is 2.42. The number of H-pyrrole nitrogens is 1. The van der Waals surface area contributed by atoms with Crippen molar-refractivity contribution in [2.45, 2.75) is 25.2 Å². The molecule has 1 heterocycles. The van der Waals surface area contributed by atoms with Crippen LogP contribution in [0.4, 0.5) is 4.79 Å². The van der Waals surface area contributed by atoms with Crippen LogP contribution in [0.25, 0.3) is 0 Å². The lowest BCUT2D eigenvalue weighted by Gasteiger charge is -2.17. The van der Waals surface area contributed by atoms with Crippen LogP contribution in [0.5, 0.6) is 6.01 Å². The second-order valence-corrected chi connectivity index (χ2v) is 5.54. The van der Waals surface area contributed by atoms with Crippen LogP contribution in [0, 0.1) is 0 Å². The lowest BCUT2D eigenvalue weighted by Crippen LogP contribution is -2.39. The monoisotopic (exact) mass is 281 g/mol. The summed E-state index contributed by atoms with van der Waals surface area (Å²) in [5.74, 6) is 0.540. The third kappa shape index (κ3) is 3.06. The Morgan fingerprint density at radius 1 is 1.35 bits per heavy atom. The van der Waals surface area contributed by atoms with Crippen molar-refractivity contribution in [3.05, 3.63) is 5.82 Å². The molecule has 0 spiro atoms. The van der Waals surface area contributed by atoms with Gasteiger partial charge in [0.2, 0.25) is 5.91 Å². The molecule has 1 N–H and O–H groups in total. The molecule has 1 aliphatic carbocycles. The third-order valence-electron chi connectivity index (χ3n) is 3.40. The van der Waals surface area contributed by atoms with E-state index >= 15 is 0 Å². The molecule has 1 aromatic rings. The molecule has 0 atom stereocenters. The van der Waals surface area contributed by atoms with E-state index < -0.39 is 6.09 Å². The zero-order valence-electron chi connectivity index (χ0n) is 12.1. The summed E-state index contributed by atoms with van der Waals surface area (Å²) in [7, 11) is 4.73. The number of hydrogen-bond donors (Lipinski definition) is 1. The van der Waals surface area contributed by atoms with Gasteiger partial charge in [-0.25, -0.2) is 4.79 Å². The normalized spacial score (nSPS) is 15.6. The van der Waals surface area contributed by atoms with Gasteiger partial charge in [-0.1, -0.05) is 6.92 Å². The number of likely N-dealkylation sites (N-methyl/N-ethyl adjacent to an activating group) is 2. The molecule has 1 aliphatic rings. The number of carbonyl (C=O) groups is 2. The van der Waals surface area contributed by atoms with Gasteiger partial charge in [0.15, 0.2) is 0 Å². The van der Waals surface area contributed by atoms with Crippen LogP contribution in [0.15, 0.2) is 0 Å². The molecule has 1 aromatic heterocycles. The maximum absolute atomic E-state index is 11.8. The van der Waals surface area contributed by atoms with Crippen molar-refractivity contribution in [2.75, 3.05) is 27.7 Å². The Bertz CT molecular complexity index is 521. The summed E-state index contributed by atoms with van der Waals surface area (Å²) < 4.78 is 5.02. The zero-order valence-corrected chi connectivity index (χ0v) is 12.1. The summed E-state index contributed by atoms with van der Waals surface area (Å²) in [6.07, 6.45) is 1.44. The van der Waals surface area contributed by atoms with E-state index in [1.807, 2.05) is 0 Å². The second-order valence-electron chi connectivity index (χ2n) is 5.54. The molecule has 2 rings (SSSR count). The van der Waals surface area contributed by atoms with Crippen LogP contribution in [-0.4, -0.2) is 64.7 Å². The minimum atomic E-state index is -0.660. The van der Waals surface area contributed by atoms with Gasteiger partial charge < -0.3 is 14.5 Å². The van der Waals surface area contributed by atoms with E-state index in [2.05, 4.69) is 22.1 Å². The molecular formula is C12H19N5O3. The molecule has 8 nitrogen and oxygen atoms in total. The van der Waals surface area contributed by atoms with Gasteiger partial charge in [-0.3, -0.25) is 9.89 Å². The van der Waals surface area contributed by atoms with Crippen molar-refractivity contribution in [2.24, 2.45) is 0 Å². The van der Waals surface area contributed by atoms with E-state index in [1.165, 1.54) is 16.8 Å². The number of rotatable bonds is 4. The van der Waals surface area contributed by atoms with E-state index in [-0.39, 0.29) is 23.9 Å². The van der Waals surface area contributed by atoms with Crippen molar-refractivity contribution >= 4 is 12.0 Å². The maximum atomic E-state index is 11.8. The van der Waals surface area contributed by atoms with E-state index in [1.54, 1.807) is 14.1 Å². The molecule has 0 aliphatic heterocycles. The van der Waals surface area contributed by atoms with Gasteiger partial charge in [0, 0.05) is 26.6 Å². The van der Waals surface area contributed by atoms with Crippen LogP contribution >= 0.6 is 0 Å². The molecule has 1 fully saturated rings. The zero-order chi connectivity index (χ0) is 14.9. The second kappa shape index (κ2) is 5.10. The van der Waals surface area contributed by atoms with Gasteiger partial charge in [-0.2, -0.15) is 4.98 Å². The molecule has 1 saturated carbocycles. The summed E-state index contributed by atoms with van der Waals surface area (Å²) >= 11 is 0. The van der Waals surface area contributed by atoms with Crippen molar-refractivity contribution < 1.29 is 14.3 Å². The molecule has 0 bridgehead atoms. The van der Waals surface area contributed by atoms with Crippen LogP contribution in [-0.2, 0) is 10.2 Å². The summed E-state index contributed by atoms with van der Waals surface area (Å²) in [5.41, 5.74) is 0.0322. The smallest absolute Gasteiger partial charge is 0.373 e. The van der Waals surface area contributed by atoms with Crippen molar-refractivity contribution in [3.8, 4) is 6.01 Å². The highest BCUT2D eigenvalue weighted by atomic mass is 16.6. The molecule has 2 amide bonds. The Morgan fingerprint density at radius 3 is 2.55 bits per heavy atom. The van der Waals surface area contributed by atoms with Gasteiger partial charge in [-0.15, -0.1) is 5.10 Å². The topological polar surface area (TPSA) is 91.4 Å². The Balaban J connectivity index is 1.90. The molecule has 0 saturated heterocycles. The SMILES string of the molecule is CN(C)C(=O)CN(C)C(=O)Oc1n[nH]c(C2(C)CC2)n1. The van der Waals surface area contributed by atoms with E-state index in [0.717, 1.165) is 18.7 Å². The summed E-state index contributed by atoms with van der Waals surface area (Å²) in [4.78, 5) is 30.0. The average Bonchev–Trinajstić information content (AvgIpc) is 2.95. The lowest BCUT2D eigenvalue weighted by atomic mass is 10.1. The van der Waals surface area contributed by atoms with Crippen molar-refractivity contribution in [1.29, 1.82) is 0 Å². The minimum absolute atomic E-state index is 0.0118. The molecule has 0 radical (unpaired) electrons. The average molecular weight is 281 g/mol. The van der Waals surface area contributed by atoms with Crippen LogP contribution < -0.4 is 4.74 Å².